The third kappa shape index (κ3) is 2.54. The molecule has 0 aromatic heterocycles. The highest BCUT2D eigenvalue weighted by Crippen LogP contribution is 2.39. The number of amides is 1. The molecule has 0 aromatic carbocycles. The topological polar surface area (TPSA) is 38.8 Å². The van der Waals surface area contributed by atoms with Gasteiger partial charge in [-0.05, 0) is 31.6 Å². The number of hydrogen-bond donors (Lipinski definition) is 0. The Morgan fingerprint density at radius 3 is 2.33 bits per heavy atom. The molecule has 2 heterocycles. The number of likely N-dealkylation sites (tertiary alicyclic amines) is 1. The maximum absolute atomic E-state index is 12.1. The van der Waals surface area contributed by atoms with Crippen LogP contribution >= 0.6 is 0 Å². The molecule has 2 saturated heterocycles. The second-order valence-electron chi connectivity index (χ2n) is 5.84. The predicted molar refractivity (Wildman–Crippen MR) is 67.0 cm³/mol. The Kier molecular flexibility index (Phi) is 3.57. The lowest BCUT2D eigenvalue weighted by molar-refractivity contribution is -0.183. The van der Waals surface area contributed by atoms with Gasteiger partial charge in [0.05, 0.1) is 13.2 Å². The molecule has 1 amide bonds. The molecule has 1 aliphatic carbocycles. The predicted octanol–water partition coefficient (Wildman–Crippen LogP) is 1.93. The molecule has 1 spiro atoms. The minimum absolute atomic E-state index is 0.285. The van der Waals surface area contributed by atoms with Crippen LogP contribution in [0.5, 0.6) is 0 Å². The van der Waals surface area contributed by atoms with Crippen LogP contribution < -0.4 is 0 Å². The van der Waals surface area contributed by atoms with Crippen molar-refractivity contribution in [1.82, 2.24) is 4.90 Å². The van der Waals surface area contributed by atoms with E-state index < -0.39 is 0 Å². The maximum atomic E-state index is 12.1. The summed E-state index contributed by atoms with van der Waals surface area (Å²) in [7, 11) is 0. The van der Waals surface area contributed by atoms with Crippen molar-refractivity contribution in [1.29, 1.82) is 0 Å². The smallest absolute Gasteiger partial charge is 0.222 e. The van der Waals surface area contributed by atoms with Crippen LogP contribution in [-0.2, 0) is 14.3 Å². The number of carbonyl (C=O) groups excluding carboxylic acids is 1. The molecule has 2 aliphatic heterocycles. The van der Waals surface area contributed by atoms with E-state index in [-0.39, 0.29) is 5.79 Å². The number of carbonyl (C=O) groups is 1. The monoisotopic (exact) mass is 253 g/mol. The van der Waals surface area contributed by atoms with Gasteiger partial charge in [0, 0.05) is 32.4 Å². The second kappa shape index (κ2) is 5.17. The first-order valence-corrected chi connectivity index (χ1v) is 7.33. The lowest BCUT2D eigenvalue weighted by Crippen LogP contribution is -2.37. The summed E-state index contributed by atoms with van der Waals surface area (Å²) in [6.07, 6.45) is 7.16. The highest BCUT2D eigenvalue weighted by atomic mass is 16.7. The van der Waals surface area contributed by atoms with Crippen LogP contribution in [0.3, 0.4) is 0 Å². The van der Waals surface area contributed by atoms with Crippen molar-refractivity contribution in [3.63, 3.8) is 0 Å². The molecule has 3 rings (SSSR count). The van der Waals surface area contributed by atoms with E-state index in [0.29, 0.717) is 11.8 Å². The zero-order valence-corrected chi connectivity index (χ0v) is 11.0. The molecule has 0 aromatic rings. The van der Waals surface area contributed by atoms with Crippen LogP contribution in [0, 0.1) is 5.92 Å². The first-order chi connectivity index (χ1) is 8.77. The minimum Gasteiger partial charge on any atom is -0.348 e. The average molecular weight is 253 g/mol. The van der Waals surface area contributed by atoms with E-state index in [1.165, 1.54) is 12.8 Å². The number of nitrogens with zero attached hydrogens (tertiary/aromatic N) is 1. The quantitative estimate of drug-likeness (QED) is 0.755. The van der Waals surface area contributed by atoms with Gasteiger partial charge in [0.1, 0.15) is 0 Å². The molecule has 4 nitrogen and oxygen atoms in total. The van der Waals surface area contributed by atoms with Gasteiger partial charge in [0.25, 0.3) is 0 Å². The van der Waals surface area contributed by atoms with Crippen LogP contribution in [-0.4, -0.2) is 42.9 Å². The normalized spacial score (nSPS) is 28.1. The second-order valence-corrected chi connectivity index (χ2v) is 5.84. The Morgan fingerprint density at radius 1 is 1.11 bits per heavy atom. The minimum atomic E-state index is -0.285. The maximum Gasteiger partial charge on any atom is 0.222 e. The first-order valence-electron chi connectivity index (χ1n) is 7.33. The van der Waals surface area contributed by atoms with Gasteiger partial charge in [-0.2, -0.15) is 0 Å². The molecule has 1 saturated carbocycles. The van der Waals surface area contributed by atoms with Crippen molar-refractivity contribution in [3.05, 3.63) is 0 Å². The summed E-state index contributed by atoms with van der Waals surface area (Å²) < 4.78 is 11.4. The fraction of sp³-hybridized carbons (Fsp3) is 0.929. The summed E-state index contributed by atoms with van der Waals surface area (Å²) in [4.78, 5) is 14.1. The molecule has 18 heavy (non-hydrogen) atoms. The SMILES string of the molecule is O=C(CC1CCC2(CC1)OCCO2)N1CCCC1. The summed E-state index contributed by atoms with van der Waals surface area (Å²) in [6, 6.07) is 0. The molecule has 102 valence electrons. The van der Waals surface area contributed by atoms with Crippen molar-refractivity contribution in [2.45, 2.75) is 50.7 Å². The zero-order chi connectivity index (χ0) is 12.4. The lowest BCUT2D eigenvalue weighted by atomic mass is 9.83. The summed E-state index contributed by atoms with van der Waals surface area (Å²) >= 11 is 0. The molecule has 0 unspecified atom stereocenters. The van der Waals surface area contributed by atoms with Crippen molar-refractivity contribution >= 4 is 5.91 Å². The summed E-state index contributed by atoms with van der Waals surface area (Å²) in [5, 5.41) is 0. The van der Waals surface area contributed by atoms with E-state index in [1.54, 1.807) is 0 Å². The summed E-state index contributed by atoms with van der Waals surface area (Å²) in [5.41, 5.74) is 0. The fourth-order valence-corrected chi connectivity index (χ4v) is 3.45. The van der Waals surface area contributed by atoms with Gasteiger partial charge in [0.2, 0.25) is 5.91 Å². The van der Waals surface area contributed by atoms with E-state index >= 15 is 0 Å². The van der Waals surface area contributed by atoms with E-state index in [4.69, 9.17) is 9.47 Å². The number of rotatable bonds is 2. The molecule has 3 fully saturated rings. The molecule has 3 aliphatic rings. The van der Waals surface area contributed by atoms with E-state index in [1.807, 2.05) is 4.90 Å². The van der Waals surface area contributed by atoms with Gasteiger partial charge in [-0.15, -0.1) is 0 Å². The average Bonchev–Trinajstić information content (AvgIpc) is 3.04. The van der Waals surface area contributed by atoms with Crippen LogP contribution in [0.1, 0.15) is 44.9 Å². The highest BCUT2D eigenvalue weighted by molar-refractivity contribution is 5.76. The molecule has 0 bridgehead atoms. The lowest BCUT2D eigenvalue weighted by Gasteiger charge is -2.35. The third-order valence-electron chi connectivity index (χ3n) is 4.60. The standard InChI is InChI=1S/C14H23NO3/c16-13(15-7-1-2-8-15)11-12-3-5-14(6-4-12)17-9-10-18-14/h12H,1-11H2. The summed E-state index contributed by atoms with van der Waals surface area (Å²) in [6.45, 7) is 3.41. The Balaban J connectivity index is 1.46. The fourth-order valence-electron chi connectivity index (χ4n) is 3.45. The number of hydrogen-bond acceptors (Lipinski definition) is 3. The Hall–Kier alpha value is -0.610. The number of ether oxygens (including phenoxy) is 2. The van der Waals surface area contributed by atoms with E-state index in [0.717, 1.165) is 58.4 Å². The highest BCUT2D eigenvalue weighted by Gasteiger charge is 2.40. The molecule has 0 radical (unpaired) electrons. The van der Waals surface area contributed by atoms with Gasteiger partial charge in [0.15, 0.2) is 5.79 Å². The third-order valence-corrected chi connectivity index (χ3v) is 4.60. The van der Waals surface area contributed by atoms with Crippen molar-refractivity contribution in [3.8, 4) is 0 Å². The van der Waals surface area contributed by atoms with Crippen LogP contribution in [0.15, 0.2) is 0 Å². The van der Waals surface area contributed by atoms with E-state index in [2.05, 4.69) is 0 Å². The van der Waals surface area contributed by atoms with Crippen LogP contribution in [0.4, 0.5) is 0 Å². The van der Waals surface area contributed by atoms with Crippen molar-refractivity contribution in [2.75, 3.05) is 26.3 Å². The van der Waals surface area contributed by atoms with Crippen molar-refractivity contribution < 1.29 is 14.3 Å². The van der Waals surface area contributed by atoms with E-state index in [9.17, 15) is 4.79 Å². The summed E-state index contributed by atoms with van der Waals surface area (Å²) in [5.74, 6) is 0.617. The van der Waals surface area contributed by atoms with Gasteiger partial charge < -0.3 is 14.4 Å². The molecular weight excluding hydrogens is 230 g/mol. The largest absolute Gasteiger partial charge is 0.348 e. The Bertz CT molecular complexity index is 296. The first kappa shape index (κ1) is 12.4. The van der Waals surface area contributed by atoms with Gasteiger partial charge in [-0.3, -0.25) is 4.79 Å². The van der Waals surface area contributed by atoms with Crippen molar-refractivity contribution in [2.24, 2.45) is 5.92 Å². The van der Waals surface area contributed by atoms with Gasteiger partial charge in [-0.1, -0.05) is 0 Å². The molecular formula is C14H23NO3. The van der Waals surface area contributed by atoms with Gasteiger partial charge >= 0.3 is 0 Å². The van der Waals surface area contributed by atoms with Crippen LogP contribution in [0.2, 0.25) is 0 Å². The Morgan fingerprint density at radius 2 is 1.72 bits per heavy atom. The zero-order valence-electron chi connectivity index (χ0n) is 11.0. The molecule has 4 heteroatoms. The van der Waals surface area contributed by atoms with Crippen LogP contribution in [0.25, 0.3) is 0 Å². The van der Waals surface area contributed by atoms with Gasteiger partial charge in [-0.25, -0.2) is 0 Å². The Labute approximate surface area is 109 Å². The molecule has 0 atom stereocenters. The molecule has 0 N–H and O–H groups in total.